The highest BCUT2D eigenvalue weighted by molar-refractivity contribution is 6.01. The van der Waals surface area contributed by atoms with Gasteiger partial charge in [0.05, 0.1) is 6.21 Å². The summed E-state index contributed by atoms with van der Waals surface area (Å²) in [5.41, 5.74) is 5.49. The highest BCUT2D eigenvalue weighted by atomic mass is 16.5. The number of phenols is 1. The molecule has 0 aliphatic heterocycles. The molecule has 3 rings (SSSR count). The van der Waals surface area contributed by atoms with Gasteiger partial charge in [-0.25, -0.2) is 5.43 Å². The summed E-state index contributed by atoms with van der Waals surface area (Å²) >= 11 is 0. The molecule has 0 saturated heterocycles. The number of rotatable bonds is 7. The van der Waals surface area contributed by atoms with E-state index in [1.54, 1.807) is 19.1 Å². The summed E-state index contributed by atoms with van der Waals surface area (Å²) in [5, 5.41) is 18.2. The number of aromatic hydroxyl groups is 1. The van der Waals surface area contributed by atoms with E-state index in [4.69, 9.17) is 4.52 Å². The highest BCUT2D eigenvalue weighted by Gasteiger charge is 2.21. The van der Waals surface area contributed by atoms with Gasteiger partial charge >= 0.3 is 0 Å². The number of amides is 1. The monoisotopic (exact) mass is 392 g/mol. The number of carbonyl (C=O) groups is 1. The zero-order valence-corrected chi connectivity index (χ0v) is 16.7. The average molecular weight is 392 g/mol. The molecule has 2 aromatic carbocycles. The SMILES string of the molecule is CCN(CC)c1ccc(/C=N/NC(=O)c2c(-c3ccccc3)noc2C)c(O)c1. The second-order valence-electron chi connectivity index (χ2n) is 6.44. The Kier molecular flexibility index (Phi) is 6.29. The Morgan fingerprint density at radius 2 is 1.93 bits per heavy atom. The van der Waals surface area contributed by atoms with Crippen LogP contribution in [-0.2, 0) is 0 Å². The zero-order valence-electron chi connectivity index (χ0n) is 16.7. The summed E-state index contributed by atoms with van der Waals surface area (Å²) in [4.78, 5) is 14.8. The summed E-state index contributed by atoms with van der Waals surface area (Å²) in [7, 11) is 0. The van der Waals surface area contributed by atoms with Gasteiger partial charge in [-0.2, -0.15) is 5.10 Å². The Morgan fingerprint density at radius 3 is 2.59 bits per heavy atom. The van der Waals surface area contributed by atoms with Crippen LogP contribution in [0.15, 0.2) is 58.2 Å². The van der Waals surface area contributed by atoms with Gasteiger partial charge in [-0.3, -0.25) is 4.79 Å². The fraction of sp³-hybridized carbons (Fsp3) is 0.227. The number of phenolic OH excluding ortho intramolecular Hbond substituents is 1. The van der Waals surface area contributed by atoms with Gasteiger partial charge in [0, 0.05) is 36.0 Å². The van der Waals surface area contributed by atoms with Gasteiger partial charge in [0.25, 0.3) is 5.91 Å². The quantitative estimate of drug-likeness (QED) is 0.469. The maximum absolute atomic E-state index is 12.6. The minimum Gasteiger partial charge on any atom is -0.507 e. The third kappa shape index (κ3) is 4.45. The van der Waals surface area contributed by atoms with Gasteiger partial charge in [0.2, 0.25) is 0 Å². The van der Waals surface area contributed by atoms with E-state index >= 15 is 0 Å². The fourth-order valence-corrected chi connectivity index (χ4v) is 3.08. The average Bonchev–Trinajstić information content (AvgIpc) is 3.12. The normalized spacial score (nSPS) is 11.0. The summed E-state index contributed by atoms with van der Waals surface area (Å²) < 4.78 is 5.20. The number of carbonyl (C=O) groups excluding carboxylic acids is 1. The van der Waals surface area contributed by atoms with Crippen LogP contribution >= 0.6 is 0 Å². The lowest BCUT2D eigenvalue weighted by Crippen LogP contribution is -2.21. The molecule has 0 saturated carbocycles. The first kappa shape index (κ1) is 20.1. The van der Waals surface area contributed by atoms with Crippen molar-refractivity contribution < 1.29 is 14.4 Å². The number of aryl methyl sites for hydroxylation is 1. The summed E-state index contributed by atoms with van der Waals surface area (Å²) in [6.45, 7) is 7.49. The molecule has 0 spiro atoms. The molecule has 0 radical (unpaired) electrons. The number of hydrogen-bond acceptors (Lipinski definition) is 6. The van der Waals surface area contributed by atoms with Crippen molar-refractivity contribution in [2.24, 2.45) is 5.10 Å². The lowest BCUT2D eigenvalue weighted by Gasteiger charge is -2.21. The predicted molar refractivity (Wildman–Crippen MR) is 113 cm³/mol. The molecule has 0 bridgehead atoms. The Balaban J connectivity index is 1.75. The molecule has 0 aliphatic carbocycles. The Bertz CT molecular complexity index is 1010. The number of hydrogen-bond donors (Lipinski definition) is 2. The maximum atomic E-state index is 12.6. The Hall–Kier alpha value is -3.61. The summed E-state index contributed by atoms with van der Waals surface area (Å²) in [5.74, 6) is 0.0691. The van der Waals surface area contributed by atoms with E-state index in [9.17, 15) is 9.90 Å². The molecule has 2 N–H and O–H groups in total. The van der Waals surface area contributed by atoms with Crippen LogP contribution in [0.5, 0.6) is 5.75 Å². The molecular formula is C22H24N4O3. The first-order valence-corrected chi connectivity index (χ1v) is 9.48. The number of aromatic nitrogens is 1. The number of anilines is 1. The van der Waals surface area contributed by atoms with Crippen molar-refractivity contribution in [3.05, 3.63) is 65.4 Å². The minimum atomic E-state index is -0.432. The number of nitrogens with zero attached hydrogens (tertiary/aromatic N) is 3. The van der Waals surface area contributed by atoms with E-state index in [1.807, 2.05) is 36.4 Å². The van der Waals surface area contributed by atoms with Crippen LogP contribution < -0.4 is 10.3 Å². The van der Waals surface area contributed by atoms with E-state index in [0.29, 0.717) is 22.6 Å². The minimum absolute atomic E-state index is 0.0959. The highest BCUT2D eigenvalue weighted by Crippen LogP contribution is 2.25. The molecule has 3 aromatic rings. The predicted octanol–water partition coefficient (Wildman–Crippen LogP) is 3.97. The zero-order chi connectivity index (χ0) is 20.8. The van der Waals surface area contributed by atoms with Crippen molar-refractivity contribution in [2.45, 2.75) is 20.8 Å². The summed E-state index contributed by atoms with van der Waals surface area (Å²) in [6, 6.07) is 14.7. The standard InChI is InChI=1S/C22H24N4O3/c1-4-26(5-2)18-12-11-17(19(27)13-18)14-23-24-22(28)20-15(3)29-25-21(20)16-9-7-6-8-10-16/h6-14,27H,4-5H2,1-3H3,(H,24,28)/b23-14+. The van der Waals surface area contributed by atoms with Crippen LogP contribution in [0.4, 0.5) is 5.69 Å². The third-order valence-electron chi connectivity index (χ3n) is 4.65. The van der Waals surface area contributed by atoms with E-state index in [2.05, 4.69) is 34.4 Å². The van der Waals surface area contributed by atoms with E-state index in [-0.39, 0.29) is 5.75 Å². The van der Waals surface area contributed by atoms with Crippen molar-refractivity contribution in [3.63, 3.8) is 0 Å². The lowest BCUT2D eigenvalue weighted by atomic mass is 10.1. The number of benzene rings is 2. The molecule has 1 aromatic heterocycles. The van der Waals surface area contributed by atoms with Crippen LogP contribution in [0.25, 0.3) is 11.3 Å². The second-order valence-corrected chi connectivity index (χ2v) is 6.44. The Labute approximate surface area is 169 Å². The van der Waals surface area contributed by atoms with Gasteiger partial charge in [-0.05, 0) is 32.9 Å². The first-order chi connectivity index (χ1) is 14.0. The van der Waals surface area contributed by atoms with Crippen molar-refractivity contribution >= 4 is 17.8 Å². The fourth-order valence-electron chi connectivity index (χ4n) is 3.08. The van der Waals surface area contributed by atoms with Gasteiger partial charge in [-0.1, -0.05) is 35.5 Å². The van der Waals surface area contributed by atoms with Crippen molar-refractivity contribution in [1.82, 2.24) is 10.6 Å². The molecule has 0 fully saturated rings. The number of hydrazone groups is 1. The van der Waals surface area contributed by atoms with Crippen LogP contribution in [0.1, 0.15) is 35.5 Å². The van der Waals surface area contributed by atoms with Crippen LogP contribution in [0, 0.1) is 6.92 Å². The van der Waals surface area contributed by atoms with Crippen LogP contribution in [0.3, 0.4) is 0 Å². The molecule has 150 valence electrons. The van der Waals surface area contributed by atoms with Gasteiger partial charge in [0.15, 0.2) is 0 Å². The van der Waals surface area contributed by atoms with Crippen molar-refractivity contribution in [3.8, 4) is 17.0 Å². The molecule has 7 heteroatoms. The molecule has 29 heavy (non-hydrogen) atoms. The largest absolute Gasteiger partial charge is 0.507 e. The molecule has 1 amide bonds. The van der Waals surface area contributed by atoms with Gasteiger partial charge in [0.1, 0.15) is 22.8 Å². The molecular weight excluding hydrogens is 368 g/mol. The topological polar surface area (TPSA) is 91.0 Å². The first-order valence-electron chi connectivity index (χ1n) is 9.48. The summed E-state index contributed by atoms with van der Waals surface area (Å²) in [6.07, 6.45) is 1.41. The third-order valence-corrected chi connectivity index (χ3v) is 4.65. The number of nitrogens with one attached hydrogen (secondary N) is 1. The van der Waals surface area contributed by atoms with Crippen molar-refractivity contribution in [2.75, 3.05) is 18.0 Å². The maximum Gasteiger partial charge on any atom is 0.277 e. The second kappa shape index (κ2) is 9.05. The van der Waals surface area contributed by atoms with E-state index in [0.717, 1.165) is 24.3 Å². The smallest absolute Gasteiger partial charge is 0.277 e. The molecule has 1 heterocycles. The van der Waals surface area contributed by atoms with Gasteiger partial charge < -0.3 is 14.5 Å². The van der Waals surface area contributed by atoms with Gasteiger partial charge in [-0.15, -0.1) is 0 Å². The van der Waals surface area contributed by atoms with Crippen LogP contribution in [-0.4, -0.2) is 35.5 Å². The molecule has 0 unspecified atom stereocenters. The molecule has 7 nitrogen and oxygen atoms in total. The van der Waals surface area contributed by atoms with Crippen LogP contribution in [0.2, 0.25) is 0 Å². The van der Waals surface area contributed by atoms with Crippen molar-refractivity contribution in [1.29, 1.82) is 0 Å². The lowest BCUT2D eigenvalue weighted by molar-refractivity contribution is 0.0954. The molecule has 0 aliphatic rings. The van der Waals surface area contributed by atoms with E-state index in [1.165, 1.54) is 6.21 Å². The molecule has 0 atom stereocenters. The Morgan fingerprint density at radius 1 is 1.21 bits per heavy atom. The van der Waals surface area contributed by atoms with E-state index < -0.39 is 5.91 Å².